The van der Waals surface area contributed by atoms with Crippen LogP contribution in [0.4, 0.5) is 0 Å². The molecule has 3 rings (SSSR count). The Labute approximate surface area is 108 Å². The Kier molecular flexibility index (Phi) is 3.00. The maximum atomic E-state index is 11.7. The van der Waals surface area contributed by atoms with E-state index in [-0.39, 0.29) is 23.7 Å². The van der Waals surface area contributed by atoms with Gasteiger partial charge in [0, 0.05) is 24.4 Å². The summed E-state index contributed by atoms with van der Waals surface area (Å²) in [5, 5.41) is 6.43. The van der Waals surface area contributed by atoms with E-state index < -0.39 is 6.04 Å². The summed E-state index contributed by atoms with van der Waals surface area (Å²) in [4.78, 5) is 22.6. The summed E-state index contributed by atoms with van der Waals surface area (Å²) < 4.78 is 5.02. The molecule has 0 aromatic carbocycles. The number of nitrogens with two attached hydrogens (primary N) is 1. The highest BCUT2D eigenvalue weighted by atomic mass is 16.5. The molecule has 0 aliphatic heterocycles. The minimum atomic E-state index is -0.463. The van der Waals surface area contributed by atoms with Crippen LogP contribution in [0.25, 0.3) is 0 Å². The highest BCUT2D eigenvalue weighted by Gasteiger charge is 2.26. The number of nitrogens with one attached hydrogen (secondary N) is 2. The molecule has 1 aliphatic rings. The molecule has 0 saturated heterocycles. The van der Waals surface area contributed by atoms with Gasteiger partial charge < -0.3 is 20.6 Å². The maximum absolute atomic E-state index is 11.7. The van der Waals surface area contributed by atoms with Gasteiger partial charge in [-0.15, -0.1) is 0 Å². The number of carbonyl (C=O) groups excluding carboxylic acids is 1. The standard InChI is InChI=1S/C11H14N6O2/c12-8(3-7-4-13-5-14-7)11-16-9(17-19-11)10(18)15-6-1-2-6/h4-6,8H,1-3,12H2,(H,13,14)(H,15,18)/t8-/m1/s1. The van der Waals surface area contributed by atoms with E-state index in [1.165, 1.54) is 0 Å². The van der Waals surface area contributed by atoms with E-state index in [4.69, 9.17) is 10.3 Å². The highest BCUT2D eigenvalue weighted by Crippen LogP contribution is 2.19. The van der Waals surface area contributed by atoms with Crippen LogP contribution >= 0.6 is 0 Å². The molecule has 2 aromatic rings. The van der Waals surface area contributed by atoms with Gasteiger partial charge in [0.05, 0.1) is 12.4 Å². The number of hydrogen-bond donors (Lipinski definition) is 3. The molecule has 0 bridgehead atoms. The van der Waals surface area contributed by atoms with Gasteiger partial charge >= 0.3 is 0 Å². The quantitative estimate of drug-likeness (QED) is 0.693. The van der Waals surface area contributed by atoms with Gasteiger partial charge in [0.15, 0.2) is 0 Å². The first kappa shape index (κ1) is 11.8. The predicted octanol–water partition coefficient (Wildman–Crippen LogP) is -0.0726. The summed E-state index contributed by atoms with van der Waals surface area (Å²) in [5.41, 5.74) is 6.81. The largest absolute Gasteiger partial charge is 0.348 e. The van der Waals surface area contributed by atoms with Gasteiger partial charge in [0.25, 0.3) is 11.7 Å². The molecule has 1 aliphatic carbocycles. The summed E-state index contributed by atoms with van der Waals surface area (Å²) in [7, 11) is 0. The number of H-pyrrole nitrogens is 1. The Hall–Kier alpha value is -2.22. The Bertz CT molecular complexity index is 560. The lowest BCUT2D eigenvalue weighted by atomic mass is 10.2. The van der Waals surface area contributed by atoms with Gasteiger partial charge in [0.1, 0.15) is 0 Å². The number of carbonyl (C=O) groups is 1. The van der Waals surface area contributed by atoms with Crippen LogP contribution in [-0.2, 0) is 6.42 Å². The average molecular weight is 262 g/mol. The van der Waals surface area contributed by atoms with E-state index in [2.05, 4.69) is 25.4 Å². The van der Waals surface area contributed by atoms with Crippen molar-refractivity contribution in [2.24, 2.45) is 5.73 Å². The molecule has 100 valence electrons. The zero-order valence-electron chi connectivity index (χ0n) is 10.2. The third kappa shape index (κ3) is 2.79. The van der Waals surface area contributed by atoms with Crippen LogP contribution in [0, 0.1) is 0 Å². The summed E-state index contributed by atoms with van der Waals surface area (Å²) in [5.74, 6) is -0.0382. The van der Waals surface area contributed by atoms with Crippen molar-refractivity contribution >= 4 is 5.91 Å². The molecule has 2 heterocycles. The van der Waals surface area contributed by atoms with Crippen molar-refractivity contribution in [2.75, 3.05) is 0 Å². The average Bonchev–Trinajstić information content (AvgIpc) is 2.91. The Morgan fingerprint density at radius 1 is 1.63 bits per heavy atom. The number of nitrogens with zero attached hydrogens (tertiary/aromatic N) is 3. The van der Waals surface area contributed by atoms with Gasteiger partial charge in [-0.05, 0) is 12.8 Å². The predicted molar refractivity (Wildman–Crippen MR) is 64.0 cm³/mol. The molecule has 8 nitrogen and oxygen atoms in total. The normalized spacial score (nSPS) is 16.3. The number of hydrogen-bond acceptors (Lipinski definition) is 6. The number of rotatable bonds is 5. The molecular formula is C11H14N6O2. The highest BCUT2D eigenvalue weighted by molar-refractivity contribution is 5.90. The van der Waals surface area contributed by atoms with E-state index in [1.54, 1.807) is 12.5 Å². The molecule has 19 heavy (non-hydrogen) atoms. The SMILES string of the molecule is N[C@H](Cc1cnc[nH]1)c1nc(C(=O)NC2CC2)no1. The Morgan fingerprint density at radius 3 is 3.16 bits per heavy atom. The second-order valence-electron chi connectivity index (χ2n) is 4.59. The zero-order valence-corrected chi connectivity index (χ0v) is 10.2. The molecule has 1 atom stereocenters. The maximum Gasteiger partial charge on any atom is 0.292 e. The minimum Gasteiger partial charge on any atom is -0.348 e. The number of aromatic nitrogens is 4. The third-order valence-electron chi connectivity index (χ3n) is 2.87. The van der Waals surface area contributed by atoms with Crippen molar-refractivity contribution in [3.05, 3.63) is 29.9 Å². The number of aromatic amines is 1. The van der Waals surface area contributed by atoms with Crippen molar-refractivity contribution in [1.82, 2.24) is 25.4 Å². The van der Waals surface area contributed by atoms with Gasteiger partial charge in [-0.25, -0.2) is 4.98 Å². The van der Waals surface area contributed by atoms with Crippen molar-refractivity contribution in [1.29, 1.82) is 0 Å². The molecule has 8 heteroatoms. The Balaban J connectivity index is 1.64. The monoisotopic (exact) mass is 262 g/mol. The molecule has 2 aromatic heterocycles. The van der Waals surface area contributed by atoms with Crippen molar-refractivity contribution < 1.29 is 9.32 Å². The van der Waals surface area contributed by atoms with Crippen LogP contribution < -0.4 is 11.1 Å². The van der Waals surface area contributed by atoms with Crippen molar-refractivity contribution in [3.63, 3.8) is 0 Å². The lowest BCUT2D eigenvalue weighted by Gasteiger charge is -2.03. The van der Waals surface area contributed by atoms with E-state index in [0.717, 1.165) is 18.5 Å². The smallest absolute Gasteiger partial charge is 0.292 e. The van der Waals surface area contributed by atoms with Crippen LogP contribution in [0.15, 0.2) is 17.0 Å². The molecule has 0 radical (unpaired) electrons. The van der Waals surface area contributed by atoms with Gasteiger partial charge in [-0.1, -0.05) is 5.16 Å². The first-order chi connectivity index (χ1) is 9.22. The van der Waals surface area contributed by atoms with Crippen LogP contribution in [0.5, 0.6) is 0 Å². The van der Waals surface area contributed by atoms with Gasteiger partial charge in [-0.2, -0.15) is 4.98 Å². The van der Waals surface area contributed by atoms with Crippen LogP contribution in [0.3, 0.4) is 0 Å². The molecular weight excluding hydrogens is 248 g/mol. The molecule has 1 fully saturated rings. The van der Waals surface area contributed by atoms with E-state index >= 15 is 0 Å². The van der Waals surface area contributed by atoms with E-state index in [1.807, 2.05) is 0 Å². The van der Waals surface area contributed by atoms with Gasteiger partial charge in [-0.3, -0.25) is 4.79 Å². The Morgan fingerprint density at radius 2 is 2.47 bits per heavy atom. The molecule has 0 spiro atoms. The molecule has 4 N–H and O–H groups in total. The third-order valence-corrected chi connectivity index (χ3v) is 2.87. The second-order valence-corrected chi connectivity index (χ2v) is 4.59. The zero-order chi connectivity index (χ0) is 13.2. The summed E-state index contributed by atoms with van der Waals surface area (Å²) in [6.45, 7) is 0. The first-order valence-corrected chi connectivity index (χ1v) is 6.09. The van der Waals surface area contributed by atoms with Crippen LogP contribution in [0.1, 0.15) is 41.1 Å². The van der Waals surface area contributed by atoms with E-state index in [0.29, 0.717) is 6.42 Å². The minimum absolute atomic E-state index is 0.0296. The van der Waals surface area contributed by atoms with Crippen molar-refractivity contribution in [2.45, 2.75) is 31.3 Å². The first-order valence-electron chi connectivity index (χ1n) is 6.09. The summed E-state index contributed by atoms with van der Waals surface area (Å²) in [6, 6.07) is -0.205. The number of imidazole rings is 1. The fourth-order valence-corrected chi connectivity index (χ4v) is 1.68. The number of amides is 1. The van der Waals surface area contributed by atoms with Crippen molar-refractivity contribution in [3.8, 4) is 0 Å². The lowest BCUT2D eigenvalue weighted by molar-refractivity contribution is 0.0937. The topological polar surface area (TPSA) is 123 Å². The summed E-state index contributed by atoms with van der Waals surface area (Å²) in [6.07, 6.45) is 5.76. The van der Waals surface area contributed by atoms with Crippen LogP contribution in [-0.4, -0.2) is 32.1 Å². The van der Waals surface area contributed by atoms with Crippen LogP contribution in [0.2, 0.25) is 0 Å². The fraction of sp³-hybridized carbons (Fsp3) is 0.455. The lowest BCUT2D eigenvalue weighted by Crippen LogP contribution is -2.26. The summed E-state index contributed by atoms with van der Waals surface area (Å²) >= 11 is 0. The molecule has 1 amide bonds. The molecule has 0 unspecified atom stereocenters. The molecule has 1 saturated carbocycles. The second kappa shape index (κ2) is 4.81. The fourth-order valence-electron chi connectivity index (χ4n) is 1.68. The van der Waals surface area contributed by atoms with Gasteiger partial charge in [0.2, 0.25) is 5.89 Å². The van der Waals surface area contributed by atoms with E-state index in [9.17, 15) is 4.79 Å².